The molecule has 2 N–H and O–H groups in total. The van der Waals surface area contributed by atoms with E-state index in [1.165, 1.54) is 0 Å². The third kappa shape index (κ3) is 5.46. The zero-order chi connectivity index (χ0) is 16.7. The monoisotopic (exact) mass is 318 g/mol. The molecule has 7 nitrogen and oxygen atoms in total. The van der Waals surface area contributed by atoms with Crippen molar-refractivity contribution in [2.45, 2.75) is 32.4 Å². The van der Waals surface area contributed by atoms with Crippen LogP contribution in [-0.4, -0.2) is 28.4 Å². The Morgan fingerprint density at radius 2 is 2.09 bits per heavy atom. The number of aromatic nitrogens is 1. The fraction of sp³-hybridized carbons (Fsp3) is 0.312. The molecule has 23 heavy (non-hydrogen) atoms. The molecule has 0 saturated heterocycles. The van der Waals surface area contributed by atoms with Gasteiger partial charge >= 0.3 is 12.1 Å². The van der Waals surface area contributed by atoms with Gasteiger partial charge < -0.3 is 19.7 Å². The molecule has 0 radical (unpaired) electrons. The third-order valence-electron chi connectivity index (χ3n) is 3.16. The largest absolute Gasteiger partial charge is 0.480 e. The van der Waals surface area contributed by atoms with Crippen LogP contribution in [0.3, 0.4) is 0 Å². The van der Waals surface area contributed by atoms with Gasteiger partial charge in [0.15, 0.2) is 0 Å². The van der Waals surface area contributed by atoms with Gasteiger partial charge in [-0.2, -0.15) is 0 Å². The molecule has 1 aromatic heterocycles. The smallest absolute Gasteiger partial charge is 0.408 e. The van der Waals surface area contributed by atoms with Gasteiger partial charge in [-0.25, -0.2) is 9.59 Å². The van der Waals surface area contributed by atoms with E-state index in [9.17, 15) is 14.7 Å². The van der Waals surface area contributed by atoms with Crippen molar-refractivity contribution in [2.24, 2.45) is 0 Å². The van der Waals surface area contributed by atoms with E-state index in [2.05, 4.69) is 10.5 Å². The molecule has 2 rings (SSSR count). The molecule has 1 heterocycles. The highest BCUT2D eigenvalue weighted by Gasteiger charge is 2.21. The summed E-state index contributed by atoms with van der Waals surface area (Å²) in [7, 11) is 0. The SMILES string of the molecule is Cc1cc(CC[C@@H](NC(=O)OCc2ccccc2)C(=O)O)on1. The van der Waals surface area contributed by atoms with E-state index in [4.69, 9.17) is 9.26 Å². The molecule has 0 fully saturated rings. The lowest BCUT2D eigenvalue weighted by atomic mass is 10.1. The molecule has 2 aromatic rings. The van der Waals surface area contributed by atoms with Crippen LogP contribution in [0.4, 0.5) is 4.79 Å². The highest BCUT2D eigenvalue weighted by atomic mass is 16.5. The highest BCUT2D eigenvalue weighted by Crippen LogP contribution is 2.08. The minimum atomic E-state index is -1.13. The normalized spacial score (nSPS) is 11.7. The Morgan fingerprint density at radius 1 is 1.35 bits per heavy atom. The van der Waals surface area contributed by atoms with Crippen molar-refractivity contribution in [2.75, 3.05) is 0 Å². The summed E-state index contributed by atoms with van der Waals surface area (Å²) in [4.78, 5) is 22.9. The number of hydrogen-bond donors (Lipinski definition) is 2. The van der Waals surface area contributed by atoms with Crippen LogP contribution < -0.4 is 5.32 Å². The molecule has 1 aromatic carbocycles. The zero-order valence-corrected chi connectivity index (χ0v) is 12.7. The van der Waals surface area contributed by atoms with Gasteiger partial charge in [-0.15, -0.1) is 0 Å². The topological polar surface area (TPSA) is 102 Å². The number of carbonyl (C=O) groups is 2. The Morgan fingerprint density at radius 3 is 2.70 bits per heavy atom. The lowest BCUT2D eigenvalue weighted by Gasteiger charge is -2.13. The van der Waals surface area contributed by atoms with Crippen LogP contribution in [0, 0.1) is 6.92 Å². The van der Waals surface area contributed by atoms with Crippen LogP contribution in [0.2, 0.25) is 0 Å². The predicted molar refractivity (Wildman–Crippen MR) is 80.7 cm³/mol. The molecule has 1 atom stereocenters. The summed E-state index contributed by atoms with van der Waals surface area (Å²) in [6.07, 6.45) is -0.226. The minimum absolute atomic E-state index is 0.0836. The Hall–Kier alpha value is -2.83. The number of nitrogens with one attached hydrogen (secondary N) is 1. The zero-order valence-electron chi connectivity index (χ0n) is 12.7. The average Bonchev–Trinajstić information content (AvgIpc) is 2.95. The van der Waals surface area contributed by atoms with Gasteiger partial charge in [0.25, 0.3) is 0 Å². The van der Waals surface area contributed by atoms with E-state index < -0.39 is 18.1 Å². The van der Waals surface area contributed by atoms with Crippen LogP contribution in [0.1, 0.15) is 23.4 Å². The van der Waals surface area contributed by atoms with Crippen LogP contribution in [0.5, 0.6) is 0 Å². The maximum absolute atomic E-state index is 11.7. The number of hydrogen-bond acceptors (Lipinski definition) is 5. The summed E-state index contributed by atoms with van der Waals surface area (Å²) in [5.74, 6) is -0.550. The van der Waals surface area contributed by atoms with E-state index in [0.717, 1.165) is 11.3 Å². The van der Waals surface area contributed by atoms with Crippen molar-refractivity contribution >= 4 is 12.1 Å². The molecule has 0 spiro atoms. The summed E-state index contributed by atoms with van der Waals surface area (Å²) >= 11 is 0. The molecular weight excluding hydrogens is 300 g/mol. The van der Waals surface area contributed by atoms with E-state index in [0.29, 0.717) is 12.2 Å². The Balaban J connectivity index is 1.81. The van der Waals surface area contributed by atoms with Gasteiger partial charge in [-0.3, -0.25) is 0 Å². The van der Waals surface area contributed by atoms with Gasteiger partial charge in [-0.05, 0) is 18.9 Å². The van der Waals surface area contributed by atoms with E-state index in [-0.39, 0.29) is 13.0 Å². The van der Waals surface area contributed by atoms with E-state index >= 15 is 0 Å². The quantitative estimate of drug-likeness (QED) is 0.812. The molecule has 0 unspecified atom stereocenters. The standard InChI is InChI=1S/C16H18N2O5/c1-11-9-13(23-18-11)7-8-14(15(19)20)17-16(21)22-10-12-5-3-2-4-6-12/h2-6,9,14H,7-8,10H2,1H3,(H,17,21)(H,19,20)/t14-/m1/s1. The fourth-order valence-corrected chi connectivity index (χ4v) is 1.99. The highest BCUT2D eigenvalue weighted by molar-refractivity contribution is 5.79. The number of nitrogens with zero attached hydrogens (tertiary/aromatic N) is 1. The number of amides is 1. The maximum Gasteiger partial charge on any atom is 0.408 e. The van der Waals surface area contributed by atoms with Crippen LogP contribution in [0.15, 0.2) is 40.9 Å². The number of alkyl carbamates (subject to hydrolysis) is 1. The number of aliphatic carboxylic acids is 1. The first kappa shape index (κ1) is 16.5. The summed E-state index contributed by atoms with van der Waals surface area (Å²) in [5, 5.41) is 15.2. The van der Waals surface area contributed by atoms with E-state index in [1.807, 2.05) is 30.3 Å². The van der Waals surface area contributed by atoms with Crippen LogP contribution >= 0.6 is 0 Å². The van der Waals surface area contributed by atoms with Crippen molar-refractivity contribution in [1.29, 1.82) is 0 Å². The Bertz CT molecular complexity index is 654. The molecular formula is C16H18N2O5. The number of ether oxygens (including phenoxy) is 1. The van der Waals surface area contributed by atoms with Gasteiger partial charge in [-0.1, -0.05) is 35.5 Å². The lowest BCUT2D eigenvalue weighted by Crippen LogP contribution is -2.41. The second-order valence-corrected chi connectivity index (χ2v) is 5.07. The number of carbonyl (C=O) groups excluding carboxylic acids is 1. The molecule has 0 aliphatic heterocycles. The van der Waals surface area contributed by atoms with Crippen LogP contribution in [0.25, 0.3) is 0 Å². The van der Waals surface area contributed by atoms with Crippen molar-refractivity contribution in [3.05, 3.63) is 53.4 Å². The average molecular weight is 318 g/mol. The van der Waals surface area contributed by atoms with E-state index in [1.54, 1.807) is 13.0 Å². The summed E-state index contributed by atoms with van der Waals surface area (Å²) < 4.78 is 10.0. The number of benzene rings is 1. The first-order valence-electron chi connectivity index (χ1n) is 7.17. The molecule has 7 heteroatoms. The molecule has 1 amide bonds. The van der Waals surface area contributed by atoms with Gasteiger partial charge in [0, 0.05) is 12.5 Å². The first-order valence-corrected chi connectivity index (χ1v) is 7.17. The fourth-order valence-electron chi connectivity index (χ4n) is 1.99. The van der Waals surface area contributed by atoms with Crippen LogP contribution in [-0.2, 0) is 22.6 Å². The number of aryl methyl sites for hydroxylation is 2. The van der Waals surface area contributed by atoms with Crippen molar-refractivity contribution in [3.8, 4) is 0 Å². The Kier molecular flexibility index (Phi) is 5.74. The third-order valence-corrected chi connectivity index (χ3v) is 3.16. The van der Waals surface area contributed by atoms with Gasteiger partial charge in [0.05, 0.1) is 5.69 Å². The molecule has 0 saturated carbocycles. The minimum Gasteiger partial charge on any atom is -0.480 e. The van der Waals surface area contributed by atoms with Gasteiger partial charge in [0.2, 0.25) is 0 Å². The summed E-state index contributed by atoms with van der Waals surface area (Å²) in [6.45, 7) is 1.86. The predicted octanol–water partition coefficient (Wildman–Crippen LogP) is 2.30. The molecule has 0 aliphatic rings. The number of carboxylic acids is 1. The van der Waals surface area contributed by atoms with Gasteiger partial charge in [0.1, 0.15) is 18.4 Å². The molecule has 0 bridgehead atoms. The Labute approximate surface area is 133 Å². The number of carboxylic acid groups (broad SMARTS) is 1. The molecule has 122 valence electrons. The first-order chi connectivity index (χ1) is 11.0. The van der Waals surface area contributed by atoms with Crippen molar-refractivity contribution in [3.63, 3.8) is 0 Å². The summed E-state index contributed by atoms with van der Waals surface area (Å²) in [5.41, 5.74) is 1.55. The second kappa shape index (κ2) is 7.98. The molecule has 0 aliphatic carbocycles. The maximum atomic E-state index is 11.7. The summed E-state index contributed by atoms with van der Waals surface area (Å²) in [6, 6.07) is 9.82. The van der Waals surface area contributed by atoms with Crippen molar-refractivity contribution < 1.29 is 24.0 Å². The second-order valence-electron chi connectivity index (χ2n) is 5.07. The van der Waals surface area contributed by atoms with Crippen molar-refractivity contribution in [1.82, 2.24) is 10.5 Å². The number of rotatable bonds is 7. The lowest BCUT2D eigenvalue weighted by molar-refractivity contribution is -0.139.